The summed E-state index contributed by atoms with van der Waals surface area (Å²) < 4.78 is 32.5. The standard InChI is InChI=1S/C10H8BrF2NO2/c11-5-1-6(12)10(7(13)2-5)8-3-14-9(15)4-16-8/h1-2,8H,3-4H2,(H,14,15). The van der Waals surface area contributed by atoms with Gasteiger partial charge in [-0.2, -0.15) is 0 Å². The summed E-state index contributed by atoms with van der Waals surface area (Å²) in [5.74, 6) is -1.66. The Bertz CT molecular complexity index is 406. The third-order valence-electron chi connectivity index (χ3n) is 2.27. The minimum absolute atomic E-state index is 0.0777. The van der Waals surface area contributed by atoms with E-state index in [1.165, 1.54) is 0 Å². The smallest absolute Gasteiger partial charge is 0.246 e. The predicted molar refractivity (Wildman–Crippen MR) is 55.8 cm³/mol. The highest BCUT2D eigenvalue weighted by atomic mass is 79.9. The fourth-order valence-corrected chi connectivity index (χ4v) is 1.94. The van der Waals surface area contributed by atoms with Gasteiger partial charge in [-0.05, 0) is 12.1 Å². The molecule has 0 bridgehead atoms. The Kier molecular flexibility index (Phi) is 3.20. The summed E-state index contributed by atoms with van der Waals surface area (Å²) in [5.41, 5.74) is -0.150. The molecular weight excluding hydrogens is 284 g/mol. The number of nitrogens with one attached hydrogen (secondary N) is 1. The molecule has 1 fully saturated rings. The minimum atomic E-state index is -0.772. The second kappa shape index (κ2) is 4.47. The molecule has 1 aromatic rings. The van der Waals surface area contributed by atoms with E-state index in [4.69, 9.17) is 4.74 Å². The first kappa shape index (κ1) is 11.5. The van der Waals surface area contributed by atoms with Gasteiger partial charge in [-0.3, -0.25) is 4.79 Å². The van der Waals surface area contributed by atoms with Gasteiger partial charge in [0.1, 0.15) is 24.3 Å². The van der Waals surface area contributed by atoms with Gasteiger partial charge in [0, 0.05) is 11.0 Å². The van der Waals surface area contributed by atoms with Crippen molar-refractivity contribution < 1.29 is 18.3 Å². The summed E-state index contributed by atoms with van der Waals surface area (Å²) in [6, 6.07) is 2.33. The highest BCUT2D eigenvalue weighted by Crippen LogP contribution is 2.27. The Morgan fingerprint density at radius 1 is 1.38 bits per heavy atom. The molecule has 0 aromatic heterocycles. The van der Waals surface area contributed by atoms with Crippen LogP contribution in [-0.2, 0) is 9.53 Å². The van der Waals surface area contributed by atoms with Crippen LogP contribution in [0, 0.1) is 11.6 Å². The number of hydrogen-bond acceptors (Lipinski definition) is 2. The maximum absolute atomic E-state index is 13.5. The molecule has 1 atom stereocenters. The van der Waals surface area contributed by atoms with Crippen LogP contribution >= 0.6 is 15.9 Å². The first-order valence-corrected chi connectivity index (χ1v) is 5.40. The molecule has 0 aliphatic carbocycles. The lowest BCUT2D eigenvalue weighted by molar-refractivity contribution is -0.133. The number of halogens is 3. The fraction of sp³-hybridized carbons (Fsp3) is 0.300. The summed E-state index contributed by atoms with van der Waals surface area (Å²) in [6.45, 7) is -0.103. The van der Waals surface area contributed by atoms with Crippen molar-refractivity contribution in [2.75, 3.05) is 13.2 Å². The van der Waals surface area contributed by atoms with Crippen LogP contribution in [0.3, 0.4) is 0 Å². The summed E-state index contributed by atoms with van der Waals surface area (Å²) in [7, 11) is 0. The number of benzene rings is 1. The molecule has 0 spiro atoms. The third kappa shape index (κ3) is 2.22. The monoisotopic (exact) mass is 291 g/mol. The van der Waals surface area contributed by atoms with E-state index in [0.717, 1.165) is 12.1 Å². The predicted octanol–water partition coefficient (Wildman–Crippen LogP) is 1.91. The van der Waals surface area contributed by atoms with Crippen LogP contribution in [0.4, 0.5) is 8.78 Å². The average Bonchev–Trinajstić information content (AvgIpc) is 2.19. The van der Waals surface area contributed by atoms with Crippen LogP contribution in [0.15, 0.2) is 16.6 Å². The van der Waals surface area contributed by atoms with E-state index < -0.39 is 17.7 Å². The van der Waals surface area contributed by atoms with Gasteiger partial charge in [0.05, 0.1) is 5.56 Å². The lowest BCUT2D eigenvalue weighted by Crippen LogP contribution is -2.39. The number of morpholine rings is 1. The summed E-state index contributed by atoms with van der Waals surface area (Å²) in [6.07, 6.45) is -0.772. The van der Waals surface area contributed by atoms with Gasteiger partial charge in [-0.15, -0.1) is 0 Å². The molecule has 1 heterocycles. The minimum Gasteiger partial charge on any atom is -0.362 e. The van der Waals surface area contributed by atoms with Gasteiger partial charge >= 0.3 is 0 Å². The number of carbonyl (C=O) groups excluding carboxylic acids is 1. The van der Waals surface area contributed by atoms with Crippen LogP contribution in [0.5, 0.6) is 0 Å². The van der Waals surface area contributed by atoms with E-state index >= 15 is 0 Å². The van der Waals surface area contributed by atoms with Crippen LogP contribution in [-0.4, -0.2) is 19.1 Å². The number of amides is 1. The molecule has 86 valence electrons. The molecule has 1 aliphatic rings. The molecule has 16 heavy (non-hydrogen) atoms. The van der Waals surface area contributed by atoms with E-state index in [0.29, 0.717) is 4.47 Å². The lowest BCUT2D eigenvalue weighted by atomic mass is 10.1. The largest absolute Gasteiger partial charge is 0.362 e. The van der Waals surface area contributed by atoms with Gasteiger partial charge in [-0.25, -0.2) is 8.78 Å². The molecule has 1 N–H and O–H groups in total. The third-order valence-corrected chi connectivity index (χ3v) is 2.72. The first-order chi connectivity index (χ1) is 7.58. The molecule has 6 heteroatoms. The van der Waals surface area contributed by atoms with Crippen molar-refractivity contribution in [1.29, 1.82) is 0 Å². The molecular formula is C10H8BrF2NO2. The molecule has 1 amide bonds. The van der Waals surface area contributed by atoms with Crippen molar-refractivity contribution in [2.45, 2.75) is 6.10 Å². The normalized spacial score (nSPS) is 20.7. The number of carbonyl (C=O) groups is 1. The van der Waals surface area contributed by atoms with Crippen molar-refractivity contribution in [2.24, 2.45) is 0 Å². The molecule has 1 aromatic carbocycles. The molecule has 1 saturated heterocycles. The SMILES string of the molecule is O=C1COC(c2c(F)cc(Br)cc2F)CN1. The molecule has 0 saturated carbocycles. The maximum atomic E-state index is 13.5. The molecule has 3 nitrogen and oxygen atoms in total. The topological polar surface area (TPSA) is 38.3 Å². The number of rotatable bonds is 1. The van der Waals surface area contributed by atoms with E-state index in [9.17, 15) is 13.6 Å². The van der Waals surface area contributed by atoms with Crippen molar-refractivity contribution in [3.05, 3.63) is 33.8 Å². The Morgan fingerprint density at radius 3 is 2.50 bits per heavy atom. The Hall–Kier alpha value is -1.01. The summed E-state index contributed by atoms with van der Waals surface area (Å²) in [4.78, 5) is 10.8. The van der Waals surface area contributed by atoms with Crippen molar-refractivity contribution in [3.8, 4) is 0 Å². The Balaban J connectivity index is 2.30. The zero-order valence-electron chi connectivity index (χ0n) is 8.10. The quantitative estimate of drug-likeness (QED) is 0.858. The second-order valence-electron chi connectivity index (χ2n) is 3.39. The molecule has 1 aliphatic heterocycles. The van der Waals surface area contributed by atoms with Crippen LogP contribution < -0.4 is 5.32 Å². The summed E-state index contributed by atoms with van der Waals surface area (Å²) in [5, 5.41) is 2.49. The van der Waals surface area contributed by atoms with E-state index in [-0.39, 0.29) is 24.6 Å². The molecule has 1 unspecified atom stereocenters. The van der Waals surface area contributed by atoms with Gasteiger partial charge in [0.2, 0.25) is 5.91 Å². The number of hydrogen-bond donors (Lipinski definition) is 1. The lowest BCUT2D eigenvalue weighted by Gasteiger charge is -2.24. The van der Waals surface area contributed by atoms with Crippen molar-refractivity contribution in [3.63, 3.8) is 0 Å². The van der Waals surface area contributed by atoms with Gasteiger partial charge in [-0.1, -0.05) is 15.9 Å². The highest BCUT2D eigenvalue weighted by molar-refractivity contribution is 9.10. The molecule has 2 rings (SSSR count). The van der Waals surface area contributed by atoms with E-state index in [2.05, 4.69) is 21.2 Å². The fourth-order valence-electron chi connectivity index (χ4n) is 1.54. The van der Waals surface area contributed by atoms with Gasteiger partial charge in [0.15, 0.2) is 0 Å². The zero-order valence-corrected chi connectivity index (χ0v) is 9.68. The van der Waals surface area contributed by atoms with Crippen LogP contribution in [0.2, 0.25) is 0 Å². The number of ether oxygens (including phenoxy) is 1. The van der Waals surface area contributed by atoms with Gasteiger partial charge in [0.25, 0.3) is 0 Å². The Labute approximate surface area is 98.9 Å². The maximum Gasteiger partial charge on any atom is 0.246 e. The Morgan fingerprint density at radius 2 is 2.00 bits per heavy atom. The van der Waals surface area contributed by atoms with E-state index in [1.807, 2.05) is 0 Å². The van der Waals surface area contributed by atoms with Gasteiger partial charge < -0.3 is 10.1 Å². The zero-order chi connectivity index (χ0) is 11.7. The molecule has 0 radical (unpaired) electrons. The second-order valence-corrected chi connectivity index (χ2v) is 4.30. The highest BCUT2D eigenvalue weighted by Gasteiger charge is 2.26. The van der Waals surface area contributed by atoms with Crippen LogP contribution in [0.25, 0.3) is 0 Å². The average molecular weight is 292 g/mol. The first-order valence-electron chi connectivity index (χ1n) is 4.60. The van der Waals surface area contributed by atoms with E-state index in [1.54, 1.807) is 0 Å². The van der Waals surface area contributed by atoms with Crippen molar-refractivity contribution >= 4 is 21.8 Å². The summed E-state index contributed by atoms with van der Waals surface area (Å²) >= 11 is 2.99. The van der Waals surface area contributed by atoms with Crippen molar-refractivity contribution in [1.82, 2.24) is 5.32 Å². The van der Waals surface area contributed by atoms with Crippen LogP contribution in [0.1, 0.15) is 11.7 Å².